The average molecular weight is 289 g/mol. The molecule has 1 aromatic heterocycles. The van der Waals surface area contributed by atoms with Crippen molar-refractivity contribution in [1.29, 1.82) is 0 Å². The van der Waals surface area contributed by atoms with Crippen molar-refractivity contribution in [3.8, 4) is 0 Å². The summed E-state index contributed by atoms with van der Waals surface area (Å²) in [6.45, 7) is 6.91. The maximum atomic E-state index is 12.2. The predicted molar refractivity (Wildman–Crippen MR) is 85.1 cm³/mol. The van der Waals surface area contributed by atoms with Crippen LogP contribution in [0.15, 0.2) is 24.5 Å². The van der Waals surface area contributed by atoms with E-state index < -0.39 is 0 Å². The number of aromatic nitrogens is 2. The first kappa shape index (κ1) is 15.8. The van der Waals surface area contributed by atoms with E-state index in [9.17, 15) is 4.79 Å². The molecule has 0 radical (unpaired) electrons. The van der Waals surface area contributed by atoms with Crippen molar-refractivity contribution in [2.45, 2.75) is 58.4 Å². The van der Waals surface area contributed by atoms with Crippen molar-refractivity contribution < 1.29 is 4.79 Å². The van der Waals surface area contributed by atoms with E-state index in [2.05, 4.69) is 22.7 Å². The summed E-state index contributed by atoms with van der Waals surface area (Å²) in [6.07, 6.45) is 13.0. The van der Waals surface area contributed by atoms with Crippen molar-refractivity contribution in [2.75, 3.05) is 13.1 Å². The lowest BCUT2D eigenvalue weighted by atomic mass is 9.96. The minimum atomic E-state index is 0.240. The molecule has 1 fully saturated rings. The predicted octanol–water partition coefficient (Wildman–Crippen LogP) is 3.36. The molecule has 1 atom stereocenters. The van der Waals surface area contributed by atoms with E-state index in [1.54, 1.807) is 0 Å². The summed E-state index contributed by atoms with van der Waals surface area (Å²) in [5, 5.41) is 0. The molecular weight excluding hydrogens is 262 g/mol. The van der Waals surface area contributed by atoms with Gasteiger partial charge in [-0.1, -0.05) is 25.5 Å². The number of allylic oxidation sites excluding steroid dienone is 1. The molecule has 1 saturated heterocycles. The maximum absolute atomic E-state index is 12.2. The molecule has 1 aliphatic rings. The molecule has 2 rings (SSSR count). The topological polar surface area (TPSA) is 38.1 Å². The fourth-order valence-corrected chi connectivity index (χ4v) is 2.96. The molecule has 0 aliphatic carbocycles. The third kappa shape index (κ3) is 4.19. The largest absolute Gasteiger partial charge is 0.342 e. The average Bonchev–Trinajstić information content (AvgIpc) is 2.99. The molecule has 116 valence electrons. The van der Waals surface area contributed by atoms with Gasteiger partial charge in [0.2, 0.25) is 5.91 Å². The van der Waals surface area contributed by atoms with Crippen LogP contribution in [0.25, 0.3) is 0 Å². The molecule has 2 heterocycles. The molecule has 0 saturated carbocycles. The SMILES string of the molecule is CC=CCC(=O)N1CCCC(c2nccn2CCCC)C1. The smallest absolute Gasteiger partial charge is 0.226 e. The molecule has 21 heavy (non-hydrogen) atoms. The van der Waals surface area contributed by atoms with Gasteiger partial charge in [0.15, 0.2) is 0 Å². The molecule has 4 heteroatoms. The second-order valence-electron chi connectivity index (χ2n) is 5.78. The number of carbonyl (C=O) groups excluding carboxylic acids is 1. The van der Waals surface area contributed by atoms with E-state index in [0.29, 0.717) is 12.3 Å². The molecule has 0 bridgehead atoms. The van der Waals surface area contributed by atoms with Gasteiger partial charge < -0.3 is 9.47 Å². The third-order valence-electron chi connectivity index (χ3n) is 4.17. The second-order valence-corrected chi connectivity index (χ2v) is 5.78. The van der Waals surface area contributed by atoms with Crippen LogP contribution < -0.4 is 0 Å². The van der Waals surface area contributed by atoms with Crippen LogP contribution >= 0.6 is 0 Å². The van der Waals surface area contributed by atoms with Crippen LogP contribution in [-0.4, -0.2) is 33.4 Å². The summed E-state index contributed by atoms with van der Waals surface area (Å²) in [6, 6.07) is 0. The van der Waals surface area contributed by atoms with Gasteiger partial charge in [-0.05, 0) is 26.2 Å². The van der Waals surface area contributed by atoms with E-state index in [4.69, 9.17) is 0 Å². The molecule has 1 aliphatic heterocycles. The Balaban J connectivity index is 2.00. The Bertz CT molecular complexity index is 478. The van der Waals surface area contributed by atoms with Crippen molar-refractivity contribution >= 4 is 5.91 Å². The first-order valence-corrected chi connectivity index (χ1v) is 8.16. The van der Waals surface area contributed by atoms with Gasteiger partial charge in [0.25, 0.3) is 0 Å². The molecular formula is C17H27N3O. The van der Waals surface area contributed by atoms with E-state index >= 15 is 0 Å². The van der Waals surface area contributed by atoms with Crippen molar-refractivity contribution in [1.82, 2.24) is 14.5 Å². The molecule has 1 amide bonds. The van der Waals surface area contributed by atoms with Gasteiger partial charge >= 0.3 is 0 Å². The van der Waals surface area contributed by atoms with Crippen LogP contribution in [0.5, 0.6) is 0 Å². The lowest BCUT2D eigenvalue weighted by Crippen LogP contribution is -2.39. The fraction of sp³-hybridized carbons (Fsp3) is 0.647. The van der Waals surface area contributed by atoms with Gasteiger partial charge in [-0.2, -0.15) is 0 Å². The zero-order valence-corrected chi connectivity index (χ0v) is 13.3. The Hall–Kier alpha value is -1.58. The number of hydrogen-bond acceptors (Lipinski definition) is 2. The van der Waals surface area contributed by atoms with Crippen LogP contribution in [0, 0.1) is 0 Å². The van der Waals surface area contributed by atoms with Gasteiger partial charge in [0.1, 0.15) is 5.82 Å². The first-order chi connectivity index (χ1) is 10.3. The number of nitrogens with zero attached hydrogens (tertiary/aromatic N) is 3. The highest BCUT2D eigenvalue weighted by Gasteiger charge is 2.26. The van der Waals surface area contributed by atoms with E-state index in [0.717, 1.165) is 38.3 Å². The third-order valence-corrected chi connectivity index (χ3v) is 4.17. The lowest BCUT2D eigenvalue weighted by Gasteiger charge is -2.32. The lowest BCUT2D eigenvalue weighted by molar-refractivity contribution is -0.131. The molecule has 1 aromatic rings. The number of piperidine rings is 1. The van der Waals surface area contributed by atoms with Crippen molar-refractivity contribution in [3.63, 3.8) is 0 Å². The monoisotopic (exact) mass is 289 g/mol. The molecule has 0 N–H and O–H groups in total. The zero-order chi connectivity index (χ0) is 15.1. The molecule has 0 aromatic carbocycles. The molecule has 1 unspecified atom stereocenters. The first-order valence-electron chi connectivity index (χ1n) is 8.16. The Morgan fingerprint density at radius 2 is 2.38 bits per heavy atom. The highest BCUT2D eigenvalue weighted by Crippen LogP contribution is 2.26. The van der Waals surface area contributed by atoms with E-state index in [1.807, 2.05) is 30.2 Å². The standard InChI is InChI=1S/C17H27N3O/c1-3-5-9-16(21)20-12-7-8-15(14-20)17-18-10-13-19(17)11-6-4-2/h3,5,10,13,15H,4,6-9,11-12,14H2,1-2H3. The number of hydrogen-bond donors (Lipinski definition) is 0. The quantitative estimate of drug-likeness (QED) is 0.753. The number of carbonyl (C=O) groups is 1. The van der Waals surface area contributed by atoms with Crippen molar-refractivity contribution in [2.24, 2.45) is 0 Å². The minimum absolute atomic E-state index is 0.240. The van der Waals surface area contributed by atoms with Gasteiger partial charge in [0.05, 0.1) is 0 Å². The van der Waals surface area contributed by atoms with E-state index in [1.165, 1.54) is 12.8 Å². The number of rotatable bonds is 6. The highest BCUT2D eigenvalue weighted by atomic mass is 16.2. The normalized spacial score (nSPS) is 19.3. The second kappa shape index (κ2) is 8.01. The van der Waals surface area contributed by atoms with Crippen molar-refractivity contribution in [3.05, 3.63) is 30.4 Å². The fourth-order valence-electron chi connectivity index (χ4n) is 2.96. The number of amides is 1. The number of unbranched alkanes of at least 4 members (excludes halogenated alkanes) is 1. The van der Waals surface area contributed by atoms with Crippen LogP contribution in [0.1, 0.15) is 57.7 Å². The molecule has 4 nitrogen and oxygen atoms in total. The Kier molecular flexibility index (Phi) is 6.03. The summed E-state index contributed by atoms with van der Waals surface area (Å²) in [5.74, 6) is 1.79. The minimum Gasteiger partial charge on any atom is -0.342 e. The van der Waals surface area contributed by atoms with Crippen LogP contribution in [0.3, 0.4) is 0 Å². The molecule has 0 spiro atoms. The Labute approximate surface area is 127 Å². The van der Waals surface area contributed by atoms with Crippen LogP contribution in [0.2, 0.25) is 0 Å². The van der Waals surface area contributed by atoms with Gasteiger partial charge in [-0.15, -0.1) is 0 Å². The highest BCUT2D eigenvalue weighted by molar-refractivity contribution is 5.77. The van der Waals surface area contributed by atoms with Gasteiger partial charge in [0, 0.05) is 44.4 Å². The maximum Gasteiger partial charge on any atom is 0.226 e. The van der Waals surface area contributed by atoms with Crippen LogP contribution in [-0.2, 0) is 11.3 Å². The zero-order valence-electron chi connectivity index (χ0n) is 13.3. The number of imidazole rings is 1. The van der Waals surface area contributed by atoms with Gasteiger partial charge in [-0.3, -0.25) is 4.79 Å². The number of aryl methyl sites for hydroxylation is 1. The Morgan fingerprint density at radius 1 is 1.52 bits per heavy atom. The summed E-state index contributed by atoms with van der Waals surface area (Å²) < 4.78 is 2.27. The van der Waals surface area contributed by atoms with E-state index in [-0.39, 0.29) is 5.91 Å². The van der Waals surface area contributed by atoms with Crippen LogP contribution in [0.4, 0.5) is 0 Å². The summed E-state index contributed by atoms with van der Waals surface area (Å²) >= 11 is 0. The summed E-state index contributed by atoms with van der Waals surface area (Å²) in [7, 11) is 0. The Morgan fingerprint density at radius 3 is 3.14 bits per heavy atom. The summed E-state index contributed by atoms with van der Waals surface area (Å²) in [4.78, 5) is 18.7. The van der Waals surface area contributed by atoms with Gasteiger partial charge in [-0.25, -0.2) is 4.98 Å². The number of likely N-dealkylation sites (tertiary alicyclic amines) is 1. The summed E-state index contributed by atoms with van der Waals surface area (Å²) in [5.41, 5.74) is 0.